The molecule has 0 saturated carbocycles. The monoisotopic (exact) mass is 405 g/mol. The molecule has 0 spiro atoms. The first-order valence-electron chi connectivity index (χ1n) is 10.5. The van der Waals surface area contributed by atoms with Crippen molar-refractivity contribution >= 4 is 5.91 Å². The topological polar surface area (TPSA) is 68.5 Å². The summed E-state index contributed by atoms with van der Waals surface area (Å²) in [5.74, 6) is 2.40. The van der Waals surface area contributed by atoms with E-state index >= 15 is 0 Å². The minimum atomic E-state index is -0.0728. The third-order valence-corrected chi connectivity index (χ3v) is 5.45. The van der Waals surface area contributed by atoms with E-state index in [2.05, 4.69) is 48.3 Å². The minimum absolute atomic E-state index is 0.0728. The second-order valence-corrected chi connectivity index (χ2v) is 7.99. The van der Waals surface area contributed by atoms with Crippen LogP contribution >= 0.6 is 0 Å². The molecule has 1 atom stereocenters. The highest BCUT2D eigenvalue weighted by molar-refractivity contribution is 5.79. The van der Waals surface area contributed by atoms with Gasteiger partial charge in [0.25, 0.3) is 0 Å². The molecule has 3 aromatic rings. The number of hydrogen-bond donors (Lipinski definition) is 0. The molecule has 1 unspecified atom stereocenters. The molecular weight excluding hydrogens is 378 g/mol. The first kappa shape index (κ1) is 20.1. The predicted molar refractivity (Wildman–Crippen MR) is 114 cm³/mol. The van der Waals surface area contributed by atoms with Gasteiger partial charge in [-0.05, 0) is 48.2 Å². The third-order valence-electron chi connectivity index (χ3n) is 5.45. The number of amides is 1. The van der Waals surface area contributed by atoms with Crippen LogP contribution in [0.5, 0.6) is 5.75 Å². The molecule has 0 N–H and O–H groups in total. The van der Waals surface area contributed by atoms with Crippen LogP contribution in [0.1, 0.15) is 56.0 Å². The summed E-state index contributed by atoms with van der Waals surface area (Å²) in [6.45, 7) is 8.13. The van der Waals surface area contributed by atoms with Gasteiger partial charge < -0.3 is 14.2 Å². The smallest absolute Gasteiger partial charge is 0.232 e. The molecule has 1 aliphatic heterocycles. The second-order valence-electron chi connectivity index (χ2n) is 7.99. The van der Waals surface area contributed by atoms with Crippen molar-refractivity contribution in [2.45, 2.75) is 45.6 Å². The molecule has 156 valence electrons. The van der Waals surface area contributed by atoms with Gasteiger partial charge in [0.15, 0.2) is 0 Å². The van der Waals surface area contributed by atoms with E-state index in [1.165, 1.54) is 5.56 Å². The molecule has 1 saturated heterocycles. The van der Waals surface area contributed by atoms with Crippen molar-refractivity contribution in [1.29, 1.82) is 0 Å². The first-order valence-corrected chi connectivity index (χ1v) is 10.5. The predicted octanol–water partition coefficient (Wildman–Crippen LogP) is 4.77. The van der Waals surface area contributed by atoms with Crippen molar-refractivity contribution in [3.8, 4) is 17.1 Å². The number of hydrogen-bond acceptors (Lipinski definition) is 5. The molecule has 6 heteroatoms. The van der Waals surface area contributed by atoms with Gasteiger partial charge in [0, 0.05) is 25.1 Å². The first-order chi connectivity index (χ1) is 14.5. The van der Waals surface area contributed by atoms with Crippen molar-refractivity contribution < 1.29 is 14.1 Å². The standard InChI is InChI=1S/C24H27N3O3/c1-4-29-21-11-9-19(10-12-21)23-25-24(30-26-23)20-13-22(28)27(15-20)14-17-5-7-18(8-6-17)16(2)3/h5-12,16,20H,4,13-15H2,1-3H3. The average Bonchev–Trinajstić information content (AvgIpc) is 3.37. The van der Waals surface area contributed by atoms with Gasteiger partial charge in [-0.2, -0.15) is 4.98 Å². The van der Waals surface area contributed by atoms with Crippen molar-refractivity contribution in [3.63, 3.8) is 0 Å². The fraction of sp³-hybridized carbons (Fsp3) is 0.375. The fourth-order valence-corrected chi connectivity index (χ4v) is 3.70. The van der Waals surface area contributed by atoms with E-state index in [0.717, 1.165) is 16.9 Å². The maximum atomic E-state index is 12.5. The van der Waals surface area contributed by atoms with Crippen LogP contribution in [0.25, 0.3) is 11.4 Å². The molecule has 30 heavy (non-hydrogen) atoms. The molecule has 1 amide bonds. The number of ether oxygens (including phenoxy) is 1. The molecule has 1 aliphatic rings. The van der Waals surface area contributed by atoms with Crippen LogP contribution in [0.15, 0.2) is 53.1 Å². The zero-order chi connectivity index (χ0) is 21.1. The number of benzene rings is 2. The summed E-state index contributed by atoms with van der Waals surface area (Å²) < 4.78 is 11.0. The molecule has 2 heterocycles. The second kappa shape index (κ2) is 8.69. The summed E-state index contributed by atoms with van der Waals surface area (Å²) in [6, 6.07) is 16.1. The third kappa shape index (κ3) is 4.37. The number of nitrogens with zero attached hydrogens (tertiary/aromatic N) is 3. The highest BCUT2D eigenvalue weighted by Crippen LogP contribution is 2.30. The number of carbonyl (C=O) groups is 1. The summed E-state index contributed by atoms with van der Waals surface area (Å²) >= 11 is 0. The molecule has 1 fully saturated rings. The van der Waals surface area contributed by atoms with Crippen LogP contribution < -0.4 is 4.74 Å². The van der Waals surface area contributed by atoms with Crippen LogP contribution in [0, 0.1) is 0 Å². The minimum Gasteiger partial charge on any atom is -0.494 e. The van der Waals surface area contributed by atoms with Gasteiger partial charge in [-0.25, -0.2) is 0 Å². The Kier molecular flexibility index (Phi) is 5.84. The number of rotatable bonds is 7. The summed E-state index contributed by atoms with van der Waals surface area (Å²) in [4.78, 5) is 19.0. The Morgan fingerprint density at radius 2 is 1.87 bits per heavy atom. The Bertz CT molecular complexity index is 993. The SMILES string of the molecule is CCOc1ccc(-c2noc(C3CC(=O)N(Cc4ccc(C(C)C)cc4)C3)n2)cc1. The molecule has 0 aliphatic carbocycles. The molecule has 6 nitrogen and oxygen atoms in total. The van der Waals surface area contributed by atoms with Gasteiger partial charge in [-0.15, -0.1) is 0 Å². The van der Waals surface area contributed by atoms with Crippen molar-refractivity contribution in [2.24, 2.45) is 0 Å². The summed E-state index contributed by atoms with van der Waals surface area (Å²) in [5, 5.41) is 4.11. The van der Waals surface area contributed by atoms with Crippen LogP contribution in [-0.2, 0) is 11.3 Å². The fourth-order valence-electron chi connectivity index (χ4n) is 3.70. The maximum absolute atomic E-state index is 12.5. The van der Waals surface area contributed by atoms with Crippen LogP contribution in [0.3, 0.4) is 0 Å². The van der Waals surface area contributed by atoms with Crippen molar-refractivity contribution in [2.75, 3.05) is 13.2 Å². The molecule has 0 bridgehead atoms. The lowest BCUT2D eigenvalue weighted by Gasteiger charge is -2.16. The van der Waals surface area contributed by atoms with Gasteiger partial charge in [0.2, 0.25) is 17.6 Å². The van der Waals surface area contributed by atoms with Crippen LogP contribution in [-0.4, -0.2) is 34.1 Å². The van der Waals surface area contributed by atoms with Crippen LogP contribution in [0.2, 0.25) is 0 Å². The Labute approximate surface area is 176 Å². The summed E-state index contributed by atoms with van der Waals surface area (Å²) in [5.41, 5.74) is 3.30. The van der Waals surface area contributed by atoms with Gasteiger partial charge in [0.1, 0.15) is 5.75 Å². The largest absolute Gasteiger partial charge is 0.494 e. The zero-order valence-corrected chi connectivity index (χ0v) is 17.7. The summed E-state index contributed by atoms with van der Waals surface area (Å²) in [7, 11) is 0. The lowest BCUT2D eigenvalue weighted by Crippen LogP contribution is -2.24. The van der Waals surface area contributed by atoms with E-state index in [0.29, 0.717) is 43.8 Å². The molecule has 0 radical (unpaired) electrons. The molecule has 1 aromatic heterocycles. The van der Waals surface area contributed by atoms with Gasteiger partial charge in [-0.1, -0.05) is 43.3 Å². The lowest BCUT2D eigenvalue weighted by molar-refractivity contribution is -0.128. The molecular formula is C24H27N3O3. The van der Waals surface area contributed by atoms with E-state index in [1.54, 1.807) is 0 Å². The van der Waals surface area contributed by atoms with Crippen molar-refractivity contribution in [1.82, 2.24) is 15.0 Å². The number of carbonyl (C=O) groups excluding carboxylic acids is 1. The average molecular weight is 405 g/mol. The van der Waals surface area contributed by atoms with Crippen molar-refractivity contribution in [3.05, 3.63) is 65.5 Å². The van der Waals surface area contributed by atoms with Gasteiger partial charge in [-0.3, -0.25) is 4.79 Å². The Morgan fingerprint density at radius 3 is 2.53 bits per heavy atom. The number of aromatic nitrogens is 2. The highest BCUT2D eigenvalue weighted by atomic mass is 16.5. The highest BCUT2D eigenvalue weighted by Gasteiger charge is 2.34. The van der Waals surface area contributed by atoms with E-state index in [-0.39, 0.29) is 11.8 Å². The van der Waals surface area contributed by atoms with Crippen LogP contribution in [0.4, 0.5) is 0 Å². The van der Waals surface area contributed by atoms with Gasteiger partial charge in [0.05, 0.1) is 12.5 Å². The molecule has 4 rings (SSSR count). The summed E-state index contributed by atoms with van der Waals surface area (Å²) in [6.07, 6.45) is 0.398. The number of likely N-dealkylation sites (tertiary alicyclic amines) is 1. The van der Waals surface area contributed by atoms with E-state index in [4.69, 9.17) is 9.26 Å². The zero-order valence-electron chi connectivity index (χ0n) is 17.7. The maximum Gasteiger partial charge on any atom is 0.232 e. The Hall–Kier alpha value is -3.15. The lowest BCUT2D eigenvalue weighted by atomic mass is 10.0. The van der Waals surface area contributed by atoms with E-state index < -0.39 is 0 Å². The quantitative estimate of drug-likeness (QED) is 0.566. The normalized spacial score (nSPS) is 16.5. The molecule has 2 aromatic carbocycles. The Morgan fingerprint density at radius 1 is 1.13 bits per heavy atom. The van der Waals surface area contributed by atoms with E-state index in [9.17, 15) is 4.79 Å². The van der Waals surface area contributed by atoms with Gasteiger partial charge >= 0.3 is 0 Å². The Balaban J connectivity index is 1.41. The van der Waals surface area contributed by atoms with E-state index in [1.807, 2.05) is 36.1 Å².